The molecule has 2 amide bonds. The predicted octanol–water partition coefficient (Wildman–Crippen LogP) is 4.25. The molecule has 0 radical (unpaired) electrons. The SMILES string of the molecule is CC(=O)N(CCC(=O)Nc1c(Cl)cccc1Cl)c1cccc(C#N)c1. The highest BCUT2D eigenvalue weighted by Gasteiger charge is 2.15. The standard InChI is InChI=1S/C18H15Cl2N3O2/c1-12(24)23(14-5-2-4-13(10-14)11-21)9-8-17(25)22-18-15(19)6-3-7-16(18)20/h2-7,10H,8-9H2,1H3,(H,22,25). The Morgan fingerprint density at radius 3 is 2.40 bits per heavy atom. The van der Waals surface area contributed by atoms with Crippen molar-refractivity contribution in [1.29, 1.82) is 5.26 Å². The van der Waals surface area contributed by atoms with Crippen LogP contribution in [-0.2, 0) is 9.59 Å². The summed E-state index contributed by atoms with van der Waals surface area (Å²) in [5, 5.41) is 12.3. The lowest BCUT2D eigenvalue weighted by atomic mass is 10.2. The number of amides is 2. The Hall–Kier alpha value is -2.55. The number of nitriles is 1. The molecule has 0 fully saturated rings. The highest BCUT2D eigenvalue weighted by atomic mass is 35.5. The van der Waals surface area contributed by atoms with E-state index in [1.54, 1.807) is 42.5 Å². The molecular formula is C18H15Cl2N3O2. The summed E-state index contributed by atoms with van der Waals surface area (Å²) >= 11 is 12.0. The van der Waals surface area contributed by atoms with Gasteiger partial charge in [-0.3, -0.25) is 9.59 Å². The van der Waals surface area contributed by atoms with E-state index in [9.17, 15) is 9.59 Å². The highest BCUT2D eigenvalue weighted by molar-refractivity contribution is 6.39. The number of nitrogens with zero attached hydrogens (tertiary/aromatic N) is 2. The minimum Gasteiger partial charge on any atom is -0.323 e. The first-order chi connectivity index (χ1) is 11.9. The smallest absolute Gasteiger partial charge is 0.226 e. The van der Waals surface area contributed by atoms with Crippen molar-refractivity contribution >= 4 is 46.4 Å². The third kappa shape index (κ3) is 4.96. The van der Waals surface area contributed by atoms with E-state index in [0.717, 1.165) is 0 Å². The van der Waals surface area contributed by atoms with Crippen molar-refractivity contribution in [2.45, 2.75) is 13.3 Å². The molecule has 0 unspecified atom stereocenters. The van der Waals surface area contributed by atoms with Gasteiger partial charge in [-0.25, -0.2) is 0 Å². The Bertz CT molecular complexity index is 826. The van der Waals surface area contributed by atoms with Gasteiger partial charge in [-0.05, 0) is 30.3 Å². The summed E-state index contributed by atoms with van der Waals surface area (Å²) in [6.45, 7) is 1.57. The van der Waals surface area contributed by atoms with Crippen molar-refractivity contribution in [1.82, 2.24) is 0 Å². The van der Waals surface area contributed by atoms with Crippen LogP contribution in [0.1, 0.15) is 18.9 Å². The first-order valence-corrected chi connectivity index (χ1v) is 8.20. The fourth-order valence-corrected chi connectivity index (χ4v) is 2.74. The number of rotatable bonds is 5. The summed E-state index contributed by atoms with van der Waals surface area (Å²) in [6.07, 6.45) is 0.0535. The number of benzene rings is 2. The van der Waals surface area contributed by atoms with Gasteiger partial charge in [0.1, 0.15) is 0 Å². The normalized spacial score (nSPS) is 10.0. The Kier molecular flexibility index (Phi) is 6.40. The second-order valence-corrected chi connectivity index (χ2v) is 6.04. The predicted molar refractivity (Wildman–Crippen MR) is 98.9 cm³/mol. The van der Waals surface area contributed by atoms with Crippen LogP contribution in [0.5, 0.6) is 0 Å². The zero-order chi connectivity index (χ0) is 18.4. The van der Waals surface area contributed by atoms with Gasteiger partial charge in [0.15, 0.2) is 0 Å². The van der Waals surface area contributed by atoms with Crippen LogP contribution in [0.2, 0.25) is 10.0 Å². The molecule has 0 heterocycles. The molecule has 0 aliphatic heterocycles. The van der Waals surface area contributed by atoms with E-state index in [0.29, 0.717) is 27.0 Å². The maximum Gasteiger partial charge on any atom is 0.226 e. The Labute approximate surface area is 155 Å². The van der Waals surface area contributed by atoms with Crippen molar-refractivity contribution in [3.05, 3.63) is 58.1 Å². The summed E-state index contributed by atoms with van der Waals surface area (Å²) in [5.41, 5.74) is 1.35. The largest absolute Gasteiger partial charge is 0.323 e. The molecule has 0 spiro atoms. The van der Waals surface area contributed by atoms with E-state index >= 15 is 0 Å². The van der Waals surface area contributed by atoms with Gasteiger partial charge in [-0.2, -0.15) is 5.26 Å². The van der Waals surface area contributed by atoms with Crippen LogP contribution in [0.4, 0.5) is 11.4 Å². The van der Waals surface area contributed by atoms with Gasteiger partial charge in [0.2, 0.25) is 11.8 Å². The molecule has 5 nitrogen and oxygen atoms in total. The van der Waals surface area contributed by atoms with Crippen molar-refractivity contribution in [2.75, 3.05) is 16.8 Å². The molecule has 0 bridgehead atoms. The van der Waals surface area contributed by atoms with Crippen molar-refractivity contribution in [3.8, 4) is 6.07 Å². The van der Waals surface area contributed by atoms with E-state index in [-0.39, 0.29) is 24.8 Å². The summed E-state index contributed by atoms with van der Waals surface area (Å²) in [4.78, 5) is 25.5. The van der Waals surface area contributed by atoms with Gasteiger partial charge in [-0.1, -0.05) is 35.3 Å². The molecule has 128 valence electrons. The van der Waals surface area contributed by atoms with Crippen LogP contribution in [0.3, 0.4) is 0 Å². The lowest BCUT2D eigenvalue weighted by Gasteiger charge is -2.21. The average Bonchev–Trinajstić information content (AvgIpc) is 2.58. The highest BCUT2D eigenvalue weighted by Crippen LogP contribution is 2.29. The maximum absolute atomic E-state index is 12.2. The number of carbonyl (C=O) groups excluding carboxylic acids is 2. The fraction of sp³-hybridized carbons (Fsp3) is 0.167. The number of halogens is 2. The summed E-state index contributed by atoms with van der Waals surface area (Å²) < 4.78 is 0. The summed E-state index contributed by atoms with van der Waals surface area (Å²) in [6, 6.07) is 13.6. The topological polar surface area (TPSA) is 73.2 Å². The van der Waals surface area contributed by atoms with Gasteiger partial charge < -0.3 is 10.2 Å². The number of nitrogens with one attached hydrogen (secondary N) is 1. The third-order valence-corrected chi connectivity index (χ3v) is 4.09. The molecule has 2 rings (SSSR count). The number of hydrogen-bond acceptors (Lipinski definition) is 3. The number of para-hydroxylation sites is 1. The van der Waals surface area contributed by atoms with Gasteiger partial charge in [0.05, 0.1) is 27.4 Å². The summed E-state index contributed by atoms with van der Waals surface area (Å²) in [7, 11) is 0. The fourth-order valence-electron chi connectivity index (χ4n) is 2.24. The van der Waals surface area contributed by atoms with Crippen LogP contribution in [0.15, 0.2) is 42.5 Å². The molecule has 0 aliphatic rings. The average molecular weight is 376 g/mol. The first kappa shape index (κ1) is 18.8. The second-order valence-electron chi connectivity index (χ2n) is 5.23. The second kappa shape index (κ2) is 8.52. The quantitative estimate of drug-likeness (QED) is 0.848. The van der Waals surface area contributed by atoms with E-state index in [4.69, 9.17) is 28.5 Å². The van der Waals surface area contributed by atoms with E-state index in [1.165, 1.54) is 11.8 Å². The zero-order valence-corrected chi connectivity index (χ0v) is 14.9. The molecule has 2 aromatic rings. The monoisotopic (exact) mass is 375 g/mol. The third-order valence-electron chi connectivity index (χ3n) is 3.46. The van der Waals surface area contributed by atoms with Crippen molar-refractivity contribution in [2.24, 2.45) is 0 Å². The van der Waals surface area contributed by atoms with Gasteiger partial charge in [0.25, 0.3) is 0 Å². The van der Waals surface area contributed by atoms with Crippen molar-refractivity contribution < 1.29 is 9.59 Å². The van der Waals surface area contributed by atoms with Crippen LogP contribution < -0.4 is 10.2 Å². The van der Waals surface area contributed by atoms with Crippen molar-refractivity contribution in [3.63, 3.8) is 0 Å². The minimum atomic E-state index is -0.322. The number of carbonyl (C=O) groups is 2. The van der Waals surface area contributed by atoms with Gasteiger partial charge >= 0.3 is 0 Å². The molecule has 2 aromatic carbocycles. The van der Waals surface area contributed by atoms with Gasteiger partial charge in [0, 0.05) is 25.6 Å². The lowest BCUT2D eigenvalue weighted by molar-refractivity contribution is -0.117. The van der Waals surface area contributed by atoms with E-state index < -0.39 is 0 Å². The van der Waals surface area contributed by atoms with Gasteiger partial charge in [-0.15, -0.1) is 0 Å². The Morgan fingerprint density at radius 1 is 1.16 bits per heavy atom. The molecule has 7 heteroatoms. The maximum atomic E-state index is 12.2. The number of hydrogen-bond donors (Lipinski definition) is 1. The Morgan fingerprint density at radius 2 is 1.80 bits per heavy atom. The van der Waals surface area contributed by atoms with Crippen LogP contribution in [0, 0.1) is 11.3 Å². The Balaban J connectivity index is 2.07. The molecule has 0 saturated carbocycles. The molecule has 0 saturated heterocycles. The minimum absolute atomic E-state index is 0.0535. The van der Waals surface area contributed by atoms with E-state index in [1.807, 2.05) is 6.07 Å². The van der Waals surface area contributed by atoms with E-state index in [2.05, 4.69) is 5.32 Å². The number of anilines is 2. The summed E-state index contributed by atoms with van der Waals surface area (Å²) in [5.74, 6) is -0.545. The molecule has 1 N–H and O–H groups in total. The molecule has 0 aliphatic carbocycles. The zero-order valence-electron chi connectivity index (χ0n) is 13.4. The van der Waals surface area contributed by atoms with Crippen LogP contribution in [-0.4, -0.2) is 18.4 Å². The molecule has 0 atom stereocenters. The molecular weight excluding hydrogens is 361 g/mol. The molecule has 0 aromatic heterocycles. The van der Waals surface area contributed by atoms with Crippen LogP contribution >= 0.6 is 23.2 Å². The lowest BCUT2D eigenvalue weighted by Crippen LogP contribution is -2.32. The van der Waals surface area contributed by atoms with Crippen LogP contribution in [0.25, 0.3) is 0 Å². The first-order valence-electron chi connectivity index (χ1n) is 7.44. The molecule has 25 heavy (non-hydrogen) atoms.